The van der Waals surface area contributed by atoms with E-state index in [1.54, 1.807) is 0 Å². The third kappa shape index (κ3) is 3.05. The Morgan fingerprint density at radius 2 is 2.00 bits per heavy atom. The zero-order valence-corrected chi connectivity index (χ0v) is 11.9. The normalized spacial score (nSPS) is 18.6. The van der Waals surface area contributed by atoms with E-state index in [0.29, 0.717) is 5.92 Å². The molecule has 0 aromatic heterocycles. The van der Waals surface area contributed by atoms with Crippen molar-refractivity contribution in [2.75, 3.05) is 0 Å². The van der Waals surface area contributed by atoms with Crippen LogP contribution in [0.4, 0.5) is 0 Å². The lowest BCUT2D eigenvalue weighted by Gasteiger charge is -2.16. The van der Waals surface area contributed by atoms with Gasteiger partial charge in [0.1, 0.15) is 11.4 Å². The summed E-state index contributed by atoms with van der Waals surface area (Å²) < 4.78 is 5.85. The van der Waals surface area contributed by atoms with Gasteiger partial charge in [-0.15, -0.1) is 0 Å². The summed E-state index contributed by atoms with van der Waals surface area (Å²) in [6.45, 7) is 8.57. The number of ether oxygens (including phenoxy) is 1. The molecule has 1 aromatic rings. The molecule has 2 heteroatoms. The molecule has 0 amide bonds. The second-order valence-corrected chi connectivity index (χ2v) is 6.39. The molecule has 1 aliphatic rings. The van der Waals surface area contributed by atoms with E-state index in [1.165, 1.54) is 5.56 Å². The summed E-state index contributed by atoms with van der Waals surface area (Å²) in [7, 11) is 0. The summed E-state index contributed by atoms with van der Waals surface area (Å²) in [5.74, 6) is 1.61. The largest absolute Gasteiger partial charge is 0.487 e. The maximum atomic E-state index is 10.2. The average molecular weight is 248 g/mol. The van der Waals surface area contributed by atoms with Gasteiger partial charge in [0.15, 0.2) is 0 Å². The second-order valence-electron chi connectivity index (χ2n) is 6.39. The highest BCUT2D eigenvalue weighted by molar-refractivity contribution is 5.42. The van der Waals surface area contributed by atoms with E-state index in [4.69, 9.17) is 4.74 Å². The minimum atomic E-state index is -0.346. The Labute approximate surface area is 110 Å². The summed E-state index contributed by atoms with van der Waals surface area (Å²) in [6.07, 6.45) is 2.47. The zero-order chi connectivity index (χ0) is 13.3. The van der Waals surface area contributed by atoms with Crippen molar-refractivity contribution in [2.24, 2.45) is 5.92 Å². The Balaban J connectivity index is 2.08. The molecule has 0 spiro atoms. The fraction of sp³-hybridized carbons (Fsp3) is 0.625. The molecule has 0 radical (unpaired) electrons. The first-order chi connectivity index (χ1) is 8.37. The Bertz CT molecular complexity index is 421. The average Bonchev–Trinajstić information content (AvgIpc) is 2.58. The number of hydrogen-bond acceptors (Lipinski definition) is 2. The molecule has 18 heavy (non-hydrogen) atoms. The number of benzene rings is 1. The van der Waals surface area contributed by atoms with Crippen LogP contribution in [0.3, 0.4) is 0 Å². The maximum Gasteiger partial charge on any atom is 0.123 e. The van der Waals surface area contributed by atoms with Gasteiger partial charge in [0, 0.05) is 6.42 Å². The van der Waals surface area contributed by atoms with Gasteiger partial charge in [0.2, 0.25) is 0 Å². The Kier molecular flexibility index (Phi) is 3.67. The molecule has 1 N–H and O–H groups in total. The van der Waals surface area contributed by atoms with E-state index in [-0.39, 0.29) is 11.7 Å². The van der Waals surface area contributed by atoms with Gasteiger partial charge < -0.3 is 9.84 Å². The van der Waals surface area contributed by atoms with Crippen LogP contribution in [0.25, 0.3) is 0 Å². The highest BCUT2D eigenvalue weighted by Crippen LogP contribution is 2.36. The molecule has 0 fully saturated rings. The molecule has 2 nitrogen and oxygen atoms in total. The smallest absolute Gasteiger partial charge is 0.123 e. The van der Waals surface area contributed by atoms with E-state index in [0.717, 1.165) is 30.6 Å². The third-order valence-electron chi connectivity index (χ3n) is 3.49. The first kappa shape index (κ1) is 13.4. The summed E-state index contributed by atoms with van der Waals surface area (Å²) >= 11 is 0. The monoisotopic (exact) mass is 248 g/mol. The van der Waals surface area contributed by atoms with Crippen molar-refractivity contribution in [3.8, 4) is 5.75 Å². The van der Waals surface area contributed by atoms with Gasteiger partial charge in [-0.2, -0.15) is 0 Å². The fourth-order valence-electron chi connectivity index (χ4n) is 2.49. The highest BCUT2D eigenvalue weighted by atomic mass is 16.5. The van der Waals surface area contributed by atoms with Crippen molar-refractivity contribution >= 4 is 0 Å². The summed E-state index contributed by atoms with van der Waals surface area (Å²) in [6, 6.07) is 6.10. The Hall–Kier alpha value is -1.02. The van der Waals surface area contributed by atoms with Crippen molar-refractivity contribution in [1.82, 2.24) is 0 Å². The van der Waals surface area contributed by atoms with Gasteiger partial charge >= 0.3 is 0 Å². The van der Waals surface area contributed by atoms with Crippen LogP contribution in [0.1, 0.15) is 57.8 Å². The zero-order valence-electron chi connectivity index (χ0n) is 11.9. The van der Waals surface area contributed by atoms with Crippen molar-refractivity contribution in [1.29, 1.82) is 0 Å². The molecular formula is C16H24O2. The maximum absolute atomic E-state index is 10.2. The molecule has 0 bridgehead atoms. The molecule has 0 saturated heterocycles. The number of rotatable bonds is 4. The van der Waals surface area contributed by atoms with Gasteiger partial charge in [0.05, 0.1) is 6.10 Å². The molecule has 1 aliphatic heterocycles. The van der Waals surface area contributed by atoms with E-state index in [9.17, 15) is 5.11 Å². The first-order valence-corrected chi connectivity index (χ1v) is 6.87. The Morgan fingerprint density at radius 3 is 2.67 bits per heavy atom. The first-order valence-electron chi connectivity index (χ1n) is 6.87. The number of aliphatic hydroxyl groups is 1. The lowest BCUT2D eigenvalue weighted by Crippen LogP contribution is -2.24. The lowest BCUT2D eigenvalue weighted by atomic mass is 9.96. The molecule has 0 aliphatic carbocycles. The van der Waals surface area contributed by atoms with Crippen LogP contribution in [-0.2, 0) is 6.42 Å². The highest BCUT2D eigenvalue weighted by Gasteiger charge is 2.30. The van der Waals surface area contributed by atoms with Crippen LogP contribution in [-0.4, -0.2) is 10.7 Å². The van der Waals surface area contributed by atoms with Crippen LogP contribution in [0, 0.1) is 5.92 Å². The topological polar surface area (TPSA) is 29.5 Å². The predicted molar refractivity (Wildman–Crippen MR) is 73.9 cm³/mol. The van der Waals surface area contributed by atoms with Crippen LogP contribution >= 0.6 is 0 Å². The molecule has 1 heterocycles. The van der Waals surface area contributed by atoms with Crippen LogP contribution in [0.5, 0.6) is 5.75 Å². The van der Waals surface area contributed by atoms with E-state index >= 15 is 0 Å². The standard InChI is InChI=1S/C16H24O2/c1-11(2)5-7-14(17)12-6-8-15-13(9-12)10-16(3,4)18-15/h6,8-9,11,14,17H,5,7,10H2,1-4H3. The fourth-order valence-corrected chi connectivity index (χ4v) is 2.49. The van der Waals surface area contributed by atoms with E-state index in [1.807, 2.05) is 12.1 Å². The molecule has 2 rings (SSSR count). The molecule has 100 valence electrons. The second kappa shape index (κ2) is 4.93. The number of fused-ring (bicyclic) bond motifs is 1. The minimum absolute atomic E-state index is 0.107. The van der Waals surface area contributed by atoms with E-state index < -0.39 is 0 Å². The number of aliphatic hydroxyl groups excluding tert-OH is 1. The minimum Gasteiger partial charge on any atom is -0.487 e. The van der Waals surface area contributed by atoms with E-state index in [2.05, 4.69) is 33.8 Å². The van der Waals surface area contributed by atoms with Gasteiger partial charge in [0.25, 0.3) is 0 Å². The Morgan fingerprint density at radius 1 is 1.28 bits per heavy atom. The van der Waals surface area contributed by atoms with Crippen molar-refractivity contribution in [3.63, 3.8) is 0 Å². The molecule has 0 saturated carbocycles. The predicted octanol–water partition coefficient (Wildman–Crippen LogP) is 3.87. The van der Waals surface area contributed by atoms with Crippen LogP contribution in [0.2, 0.25) is 0 Å². The SMILES string of the molecule is CC(C)CCC(O)c1ccc2c(c1)CC(C)(C)O2. The van der Waals surface area contributed by atoms with Crippen molar-refractivity contribution in [2.45, 2.75) is 58.7 Å². The van der Waals surface area contributed by atoms with Gasteiger partial charge in [-0.25, -0.2) is 0 Å². The molecule has 1 aromatic carbocycles. The summed E-state index contributed by atoms with van der Waals surface area (Å²) in [4.78, 5) is 0. The summed E-state index contributed by atoms with van der Waals surface area (Å²) in [5, 5.41) is 10.2. The van der Waals surface area contributed by atoms with Gasteiger partial charge in [-0.3, -0.25) is 0 Å². The molecule has 1 atom stereocenters. The van der Waals surface area contributed by atoms with Gasteiger partial charge in [-0.1, -0.05) is 19.9 Å². The molecule has 1 unspecified atom stereocenters. The van der Waals surface area contributed by atoms with Crippen molar-refractivity contribution in [3.05, 3.63) is 29.3 Å². The lowest BCUT2D eigenvalue weighted by molar-refractivity contribution is 0.138. The van der Waals surface area contributed by atoms with Gasteiger partial charge in [-0.05, 0) is 55.9 Å². The third-order valence-corrected chi connectivity index (χ3v) is 3.49. The van der Waals surface area contributed by atoms with Crippen molar-refractivity contribution < 1.29 is 9.84 Å². The van der Waals surface area contributed by atoms with Crippen LogP contribution < -0.4 is 4.74 Å². The molecular weight excluding hydrogens is 224 g/mol. The summed E-state index contributed by atoms with van der Waals surface area (Å²) in [5.41, 5.74) is 2.14. The quantitative estimate of drug-likeness (QED) is 0.876. The van der Waals surface area contributed by atoms with Crippen LogP contribution in [0.15, 0.2) is 18.2 Å². The number of hydrogen-bond donors (Lipinski definition) is 1.